The van der Waals surface area contributed by atoms with Gasteiger partial charge in [-0.3, -0.25) is 0 Å². The lowest BCUT2D eigenvalue weighted by Crippen LogP contribution is -2.66. The van der Waals surface area contributed by atoms with Gasteiger partial charge in [-0.2, -0.15) is 0 Å². The molecule has 0 aliphatic carbocycles. The molecule has 1 N–H and O–H groups in total. The van der Waals surface area contributed by atoms with Crippen molar-refractivity contribution in [2.75, 3.05) is 26.3 Å². The molecule has 2 saturated heterocycles. The zero-order valence-electron chi connectivity index (χ0n) is 6.22. The zero-order valence-corrected chi connectivity index (χ0v) is 6.22. The summed E-state index contributed by atoms with van der Waals surface area (Å²) in [6, 6.07) is 0. The van der Waals surface area contributed by atoms with E-state index in [1.807, 2.05) is 0 Å². The first kappa shape index (κ1) is 6.58. The van der Waals surface area contributed by atoms with Crippen LogP contribution in [0.1, 0.15) is 6.92 Å². The first-order chi connectivity index (χ1) is 4.83. The van der Waals surface area contributed by atoms with E-state index in [9.17, 15) is 0 Å². The minimum absolute atomic E-state index is 0.0260. The second kappa shape index (κ2) is 2.19. The van der Waals surface area contributed by atoms with Crippen molar-refractivity contribution in [3.8, 4) is 0 Å². The number of ether oxygens (including phenoxy) is 2. The monoisotopic (exact) mass is 143 g/mol. The molecule has 58 valence electrons. The van der Waals surface area contributed by atoms with Crippen molar-refractivity contribution in [1.82, 2.24) is 5.32 Å². The summed E-state index contributed by atoms with van der Waals surface area (Å²) in [4.78, 5) is 0. The molecule has 0 radical (unpaired) electrons. The summed E-state index contributed by atoms with van der Waals surface area (Å²) in [7, 11) is 0. The highest BCUT2D eigenvalue weighted by Gasteiger charge is 2.47. The lowest BCUT2D eigenvalue weighted by atomic mass is 9.92. The van der Waals surface area contributed by atoms with E-state index in [2.05, 4.69) is 12.2 Å². The van der Waals surface area contributed by atoms with Gasteiger partial charge < -0.3 is 14.8 Å². The highest BCUT2D eigenvalue weighted by molar-refractivity contribution is 4.98. The van der Waals surface area contributed by atoms with Gasteiger partial charge in [0, 0.05) is 13.1 Å². The molecule has 0 saturated carbocycles. The van der Waals surface area contributed by atoms with Gasteiger partial charge in [-0.05, 0) is 6.92 Å². The number of rotatable bonds is 0. The van der Waals surface area contributed by atoms with E-state index < -0.39 is 0 Å². The zero-order chi connectivity index (χ0) is 7.03. The molecule has 0 amide bonds. The van der Waals surface area contributed by atoms with Gasteiger partial charge in [0.25, 0.3) is 0 Å². The van der Waals surface area contributed by atoms with Crippen molar-refractivity contribution in [2.45, 2.75) is 18.6 Å². The van der Waals surface area contributed by atoms with Gasteiger partial charge in [-0.15, -0.1) is 0 Å². The molecule has 2 aliphatic heterocycles. The van der Waals surface area contributed by atoms with E-state index in [-0.39, 0.29) is 11.7 Å². The maximum Gasteiger partial charge on any atom is 0.129 e. The molecule has 1 spiro atoms. The fourth-order valence-corrected chi connectivity index (χ4v) is 1.47. The Morgan fingerprint density at radius 3 is 2.80 bits per heavy atom. The van der Waals surface area contributed by atoms with E-state index in [1.54, 1.807) is 0 Å². The van der Waals surface area contributed by atoms with Crippen molar-refractivity contribution in [1.29, 1.82) is 0 Å². The molecule has 2 heterocycles. The van der Waals surface area contributed by atoms with Crippen LogP contribution in [0.25, 0.3) is 0 Å². The Balaban J connectivity index is 1.99. The van der Waals surface area contributed by atoms with Crippen LogP contribution >= 0.6 is 0 Å². The average Bonchev–Trinajstić information content (AvgIpc) is 2.04. The number of hydrogen-bond donors (Lipinski definition) is 1. The molecule has 2 fully saturated rings. The van der Waals surface area contributed by atoms with Gasteiger partial charge in [0.2, 0.25) is 0 Å². The SMILES string of the molecule is CC1OCC12CNCCO2. The van der Waals surface area contributed by atoms with Gasteiger partial charge in [0.15, 0.2) is 0 Å². The van der Waals surface area contributed by atoms with Gasteiger partial charge >= 0.3 is 0 Å². The van der Waals surface area contributed by atoms with Crippen LogP contribution < -0.4 is 5.32 Å². The predicted molar refractivity (Wildman–Crippen MR) is 37.0 cm³/mol. The molecule has 0 aromatic carbocycles. The van der Waals surface area contributed by atoms with Crippen molar-refractivity contribution in [3.05, 3.63) is 0 Å². The number of hydrogen-bond acceptors (Lipinski definition) is 3. The minimum atomic E-state index is 0.0260. The van der Waals surface area contributed by atoms with E-state index in [4.69, 9.17) is 9.47 Å². The van der Waals surface area contributed by atoms with Crippen LogP contribution in [-0.4, -0.2) is 38.0 Å². The molecule has 0 aromatic heterocycles. The van der Waals surface area contributed by atoms with Crippen molar-refractivity contribution in [2.24, 2.45) is 0 Å². The van der Waals surface area contributed by atoms with Gasteiger partial charge in [0.05, 0.1) is 19.3 Å². The van der Waals surface area contributed by atoms with Crippen molar-refractivity contribution in [3.63, 3.8) is 0 Å². The summed E-state index contributed by atoms with van der Waals surface area (Å²) in [5.74, 6) is 0. The van der Waals surface area contributed by atoms with Crippen LogP contribution in [0.3, 0.4) is 0 Å². The van der Waals surface area contributed by atoms with E-state index in [0.29, 0.717) is 0 Å². The maximum absolute atomic E-state index is 5.63. The molecule has 2 rings (SSSR count). The molecule has 3 heteroatoms. The second-order valence-electron chi connectivity index (χ2n) is 3.04. The van der Waals surface area contributed by atoms with Crippen LogP contribution in [-0.2, 0) is 9.47 Å². The third-order valence-electron chi connectivity index (χ3n) is 2.41. The maximum atomic E-state index is 5.63. The molecule has 2 atom stereocenters. The summed E-state index contributed by atoms with van der Waals surface area (Å²) >= 11 is 0. The van der Waals surface area contributed by atoms with Gasteiger partial charge in [-0.1, -0.05) is 0 Å². The predicted octanol–water partition coefficient (Wildman–Crippen LogP) is -0.236. The topological polar surface area (TPSA) is 30.5 Å². The Morgan fingerprint density at radius 2 is 2.50 bits per heavy atom. The largest absolute Gasteiger partial charge is 0.372 e. The first-order valence-corrected chi connectivity index (χ1v) is 3.80. The molecule has 0 bridgehead atoms. The average molecular weight is 143 g/mol. The third kappa shape index (κ3) is 0.779. The normalized spacial score (nSPS) is 47.1. The van der Waals surface area contributed by atoms with Crippen LogP contribution in [0.4, 0.5) is 0 Å². The fourth-order valence-electron chi connectivity index (χ4n) is 1.47. The first-order valence-electron chi connectivity index (χ1n) is 3.80. The second-order valence-corrected chi connectivity index (χ2v) is 3.04. The molecular weight excluding hydrogens is 130 g/mol. The fraction of sp³-hybridized carbons (Fsp3) is 1.00. The summed E-state index contributed by atoms with van der Waals surface area (Å²) in [6.07, 6.45) is 0.278. The van der Waals surface area contributed by atoms with Gasteiger partial charge in [-0.25, -0.2) is 0 Å². The Morgan fingerprint density at radius 1 is 1.60 bits per heavy atom. The van der Waals surface area contributed by atoms with Crippen LogP contribution in [0.2, 0.25) is 0 Å². The summed E-state index contributed by atoms with van der Waals surface area (Å²) in [6.45, 7) is 5.59. The van der Waals surface area contributed by atoms with E-state index >= 15 is 0 Å². The smallest absolute Gasteiger partial charge is 0.129 e. The highest BCUT2D eigenvalue weighted by Crippen LogP contribution is 2.29. The van der Waals surface area contributed by atoms with Crippen LogP contribution in [0.15, 0.2) is 0 Å². The third-order valence-corrected chi connectivity index (χ3v) is 2.41. The number of morpholine rings is 1. The molecule has 3 nitrogen and oxygen atoms in total. The molecule has 0 aromatic rings. The Labute approximate surface area is 60.7 Å². The molecular formula is C7H13NO2. The quantitative estimate of drug-likeness (QED) is 0.508. The molecule has 2 unspecified atom stereocenters. The lowest BCUT2D eigenvalue weighted by molar-refractivity contribution is -0.260. The summed E-state index contributed by atoms with van der Waals surface area (Å²) in [5.41, 5.74) is 0.0260. The Hall–Kier alpha value is -0.120. The van der Waals surface area contributed by atoms with Crippen molar-refractivity contribution >= 4 is 0 Å². The Kier molecular flexibility index (Phi) is 1.44. The highest BCUT2D eigenvalue weighted by atomic mass is 16.6. The number of nitrogens with one attached hydrogen (secondary N) is 1. The van der Waals surface area contributed by atoms with Crippen LogP contribution in [0.5, 0.6) is 0 Å². The summed E-state index contributed by atoms with van der Waals surface area (Å²) < 4.78 is 10.9. The minimum Gasteiger partial charge on any atom is -0.372 e. The van der Waals surface area contributed by atoms with Gasteiger partial charge in [0.1, 0.15) is 5.60 Å². The van der Waals surface area contributed by atoms with Crippen molar-refractivity contribution < 1.29 is 9.47 Å². The van der Waals surface area contributed by atoms with Crippen LogP contribution in [0, 0.1) is 0 Å². The summed E-state index contributed by atoms with van der Waals surface area (Å²) in [5, 5.41) is 3.30. The standard InChI is InChI=1S/C7H13NO2/c1-6-7(5-9-6)4-8-2-3-10-7/h6,8H,2-5H2,1H3. The molecule has 2 aliphatic rings. The molecule has 10 heavy (non-hydrogen) atoms. The van der Waals surface area contributed by atoms with E-state index in [1.165, 1.54) is 0 Å². The lowest BCUT2D eigenvalue weighted by Gasteiger charge is -2.49. The Bertz CT molecular complexity index is 132. The van der Waals surface area contributed by atoms with E-state index in [0.717, 1.165) is 26.3 Å².